The zero-order chi connectivity index (χ0) is 30.8. The van der Waals surface area contributed by atoms with E-state index < -0.39 is 47.9 Å². The number of cyclic esters (lactones) is 1. The van der Waals surface area contributed by atoms with Crippen molar-refractivity contribution < 1.29 is 43.3 Å². The van der Waals surface area contributed by atoms with Gasteiger partial charge in [-0.25, -0.2) is 9.69 Å². The Hall–Kier alpha value is -4.15. The number of Topliss-reactive ketones (excluding diaryl/α,β-unsaturated/α-hetero) is 1. The van der Waals surface area contributed by atoms with E-state index in [0.717, 1.165) is 23.5 Å². The third-order valence-corrected chi connectivity index (χ3v) is 6.90. The fourth-order valence-corrected chi connectivity index (χ4v) is 4.78. The Balaban J connectivity index is 1.88. The lowest BCUT2D eigenvalue weighted by molar-refractivity contribution is -0.158. The predicted molar refractivity (Wildman–Crippen MR) is 153 cm³/mol. The van der Waals surface area contributed by atoms with Crippen molar-refractivity contribution in [2.75, 3.05) is 19.8 Å². The van der Waals surface area contributed by atoms with Gasteiger partial charge in [0.15, 0.2) is 17.7 Å². The first kappa shape index (κ1) is 32.4. The first-order valence-corrected chi connectivity index (χ1v) is 13.8. The molecule has 1 aliphatic heterocycles. The molecule has 3 rings (SSSR count). The van der Waals surface area contributed by atoms with Crippen LogP contribution in [0.2, 0.25) is 0 Å². The maximum atomic E-state index is 13.6. The van der Waals surface area contributed by atoms with E-state index in [2.05, 4.69) is 0 Å². The van der Waals surface area contributed by atoms with Crippen LogP contribution in [0.15, 0.2) is 60.7 Å². The zero-order valence-corrected chi connectivity index (χ0v) is 24.3. The topological polar surface area (TPSA) is 137 Å². The van der Waals surface area contributed by atoms with Crippen LogP contribution in [-0.2, 0) is 33.4 Å². The molecule has 2 aromatic rings. The summed E-state index contributed by atoms with van der Waals surface area (Å²) in [6.07, 6.45) is -1.64. The number of esters is 1. The van der Waals surface area contributed by atoms with Crippen LogP contribution < -0.4 is 0 Å². The van der Waals surface area contributed by atoms with Gasteiger partial charge in [-0.15, -0.1) is 0 Å². The molecule has 4 atom stereocenters. The van der Waals surface area contributed by atoms with Crippen LogP contribution in [0, 0.1) is 12.8 Å². The van der Waals surface area contributed by atoms with E-state index in [4.69, 9.17) is 19.3 Å². The summed E-state index contributed by atoms with van der Waals surface area (Å²) in [5.74, 6) is -3.92. The van der Waals surface area contributed by atoms with Gasteiger partial charge < -0.3 is 19.3 Å². The van der Waals surface area contributed by atoms with E-state index in [0.29, 0.717) is 17.5 Å². The molecule has 2 amide bonds. The maximum absolute atomic E-state index is 13.6. The van der Waals surface area contributed by atoms with Gasteiger partial charge in [-0.1, -0.05) is 60.2 Å². The molecule has 1 N–H and O–H groups in total. The van der Waals surface area contributed by atoms with Crippen molar-refractivity contribution in [1.29, 1.82) is 0 Å². The number of aliphatic hydroxyl groups excluding tert-OH is 1. The summed E-state index contributed by atoms with van der Waals surface area (Å²) in [5.41, 5.74) is 2.16. The summed E-state index contributed by atoms with van der Waals surface area (Å²) in [5, 5.41) is 8.87. The number of hydrogen-bond acceptors (Lipinski definition) is 9. The van der Waals surface area contributed by atoms with Crippen LogP contribution in [0.1, 0.15) is 56.4 Å². The Morgan fingerprint density at radius 1 is 1.07 bits per heavy atom. The molecule has 10 heteroatoms. The summed E-state index contributed by atoms with van der Waals surface area (Å²) in [6.45, 7) is 6.27. The van der Waals surface area contributed by atoms with Crippen LogP contribution in [0.4, 0.5) is 4.79 Å². The SMILES string of the molecule is CC(=O)O[C@@H](C(=O)C=C(C(=O)CCCOCCO)c1cccc(C)c1)[C@@H](C)C(=O)N1C(=O)O[C@@H](c2ccccc2)[C@H]1C. The molecule has 10 nitrogen and oxygen atoms in total. The van der Waals surface area contributed by atoms with E-state index in [-0.39, 0.29) is 37.6 Å². The first-order chi connectivity index (χ1) is 20.0. The molecular formula is C32H37NO9. The molecule has 1 heterocycles. The van der Waals surface area contributed by atoms with Gasteiger partial charge in [0.2, 0.25) is 5.91 Å². The average Bonchev–Trinajstić information content (AvgIpc) is 3.27. The van der Waals surface area contributed by atoms with Crippen molar-refractivity contribution in [1.82, 2.24) is 4.90 Å². The van der Waals surface area contributed by atoms with Crippen molar-refractivity contribution in [2.24, 2.45) is 5.92 Å². The lowest BCUT2D eigenvalue weighted by Crippen LogP contribution is -2.47. The second-order valence-corrected chi connectivity index (χ2v) is 10.2. The van der Waals surface area contributed by atoms with Gasteiger partial charge in [0.1, 0.15) is 6.10 Å². The van der Waals surface area contributed by atoms with Gasteiger partial charge in [0.05, 0.1) is 25.2 Å². The minimum absolute atomic E-state index is 0.0587. The van der Waals surface area contributed by atoms with E-state index in [1.165, 1.54) is 6.92 Å². The highest BCUT2D eigenvalue weighted by Crippen LogP contribution is 2.34. The Bertz CT molecular complexity index is 1320. The van der Waals surface area contributed by atoms with Crippen molar-refractivity contribution in [3.05, 3.63) is 77.4 Å². The number of rotatable bonds is 14. The van der Waals surface area contributed by atoms with Crippen LogP contribution in [0.3, 0.4) is 0 Å². The number of carbonyl (C=O) groups excluding carboxylic acids is 5. The van der Waals surface area contributed by atoms with Gasteiger partial charge >= 0.3 is 12.1 Å². The Kier molecular flexibility index (Phi) is 11.7. The molecule has 2 aromatic carbocycles. The second kappa shape index (κ2) is 15.2. The van der Waals surface area contributed by atoms with Crippen molar-refractivity contribution in [3.8, 4) is 0 Å². The Labute approximate surface area is 245 Å². The molecule has 1 fully saturated rings. The van der Waals surface area contributed by atoms with E-state index in [1.807, 2.05) is 19.1 Å². The van der Waals surface area contributed by atoms with Crippen LogP contribution in [0.25, 0.3) is 5.57 Å². The monoisotopic (exact) mass is 579 g/mol. The lowest BCUT2D eigenvalue weighted by Gasteiger charge is -2.26. The smallest absolute Gasteiger partial charge is 0.417 e. The van der Waals surface area contributed by atoms with E-state index >= 15 is 0 Å². The number of amides is 2. The molecule has 0 spiro atoms. The van der Waals surface area contributed by atoms with Crippen LogP contribution in [0.5, 0.6) is 0 Å². The summed E-state index contributed by atoms with van der Waals surface area (Å²) in [7, 11) is 0. The summed E-state index contributed by atoms with van der Waals surface area (Å²) < 4.78 is 16.0. The summed E-state index contributed by atoms with van der Waals surface area (Å²) in [6, 6.07) is 15.3. The number of carbonyl (C=O) groups is 5. The van der Waals surface area contributed by atoms with Gasteiger partial charge in [-0.3, -0.25) is 19.2 Å². The predicted octanol–water partition coefficient (Wildman–Crippen LogP) is 3.98. The largest absolute Gasteiger partial charge is 0.453 e. The minimum Gasteiger partial charge on any atom is -0.453 e. The number of ketones is 2. The standard InChI is InChI=1S/C32H37NO9/c1-20-10-8-13-25(18-20)26(27(36)14-9-16-40-17-15-34)19-28(37)29(41-23(4)35)21(2)31(38)33-22(3)30(42-32(33)39)24-11-6-5-7-12-24/h5-8,10-13,18-19,21-22,29-30,34H,9,14-17H2,1-4H3/t21-,22-,29-,30-/m1/s1. The normalized spacial score (nSPS) is 18.3. The number of benzene rings is 2. The van der Waals surface area contributed by atoms with Crippen molar-refractivity contribution in [3.63, 3.8) is 0 Å². The molecule has 0 radical (unpaired) electrons. The molecule has 0 aliphatic carbocycles. The van der Waals surface area contributed by atoms with Crippen molar-refractivity contribution in [2.45, 2.75) is 58.8 Å². The van der Waals surface area contributed by atoms with Crippen molar-refractivity contribution >= 4 is 35.1 Å². The van der Waals surface area contributed by atoms with Gasteiger partial charge in [0, 0.05) is 25.5 Å². The molecule has 0 unspecified atom stereocenters. The number of ether oxygens (including phenoxy) is 3. The number of hydrogen-bond donors (Lipinski definition) is 1. The lowest BCUT2D eigenvalue weighted by atomic mass is 9.92. The third-order valence-electron chi connectivity index (χ3n) is 6.90. The van der Waals surface area contributed by atoms with Crippen LogP contribution >= 0.6 is 0 Å². The zero-order valence-electron chi connectivity index (χ0n) is 24.3. The Morgan fingerprint density at radius 2 is 1.79 bits per heavy atom. The van der Waals surface area contributed by atoms with Gasteiger partial charge in [0.25, 0.3) is 0 Å². The fraction of sp³-hybridized carbons (Fsp3) is 0.406. The van der Waals surface area contributed by atoms with Gasteiger partial charge in [-0.05, 0) is 44.4 Å². The van der Waals surface area contributed by atoms with Crippen LogP contribution in [-0.4, -0.2) is 71.5 Å². The highest BCUT2D eigenvalue weighted by atomic mass is 16.6. The molecule has 0 bridgehead atoms. The number of nitrogens with zero attached hydrogens (tertiary/aromatic N) is 1. The fourth-order valence-electron chi connectivity index (χ4n) is 4.78. The number of allylic oxidation sites excluding steroid dienone is 1. The Morgan fingerprint density at radius 3 is 2.43 bits per heavy atom. The number of aryl methyl sites for hydroxylation is 1. The summed E-state index contributed by atoms with van der Waals surface area (Å²) >= 11 is 0. The second-order valence-electron chi connectivity index (χ2n) is 10.2. The summed E-state index contributed by atoms with van der Waals surface area (Å²) in [4.78, 5) is 66.2. The first-order valence-electron chi connectivity index (χ1n) is 13.8. The quantitative estimate of drug-likeness (QED) is 0.200. The molecule has 1 saturated heterocycles. The molecule has 1 aliphatic rings. The van der Waals surface area contributed by atoms with E-state index in [1.54, 1.807) is 49.4 Å². The number of aliphatic hydroxyl groups is 1. The average molecular weight is 580 g/mol. The molecule has 0 aromatic heterocycles. The highest BCUT2D eigenvalue weighted by molar-refractivity contribution is 6.25. The number of imide groups is 1. The highest BCUT2D eigenvalue weighted by Gasteiger charge is 2.47. The van der Waals surface area contributed by atoms with Gasteiger partial charge in [-0.2, -0.15) is 0 Å². The molecular weight excluding hydrogens is 542 g/mol. The molecule has 0 saturated carbocycles. The maximum Gasteiger partial charge on any atom is 0.417 e. The van der Waals surface area contributed by atoms with E-state index in [9.17, 15) is 24.0 Å². The third kappa shape index (κ3) is 8.20. The molecule has 42 heavy (non-hydrogen) atoms. The minimum atomic E-state index is -1.59. The molecule has 224 valence electrons.